The van der Waals surface area contributed by atoms with Gasteiger partial charge in [-0.2, -0.15) is 0 Å². The fraction of sp³-hybridized carbons (Fsp3) is 0.333. The number of hydrogen-bond donors (Lipinski definition) is 1. The molecule has 0 fully saturated rings. The van der Waals surface area contributed by atoms with E-state index in [-0.39, 0.29) is 23.3 Å². The molecule has 1 N–H and O–H groups in total. The van der Waals surface area contributed by atoms with Gasteiger partial charge in [0.15, 0.2) is 0 Å². The summed E-state index contributed by atoms with van der Waals surface area (Å²) in [4.78, 5) is 28.5. The van der Waals surface area contributed by atoms with Crippen molar-refractivity contribution >= 4 is 43.5 Å². The SMILES string of the molecule is Cc1ccc(S(=O)(=O)N(CC(=O)N(Cc2cccc(Br)c2)C(C)C(=O)NCC(C)C)c2cccc(C)c2)cc1. The predicted molar refractivity (Wildman–Crippen MR) is 159 cm³/mol. The highest BCUT2D eigenvalue weighted by Crippen LogP contribution is 2.26. The molecule has 0 aliphatic heterocycles. The van der Waals surface area contributed by atoms with E-state index in [0.29, 0.717) is 12.2 Å². The van der Waals surface area contributed by atoms with Crippen molar-refractivity contribution in [2.75, 3.05) is 17.4 Å². The maximum absolute atomic E-state index is 13.9. The molecule has 0 heterocycles. The number of carbonyl (C=O) groups is 2. The van der Waals surface area contributed by atoms with Gasteiger partial charge in [0.05, 0.1) is 10.6 Å². The summed E-state index contributed by atoms with van der Waals surface area (Å²) in [6, 6.07) is 20.2. The second kappa shape index (κ2) is 13.3. The molecule has 3 rings (SSSR count). The maximum atomic E-state index is 13.9. The third kappa shape index (κ3) is 8.16. The zero-order valence-corrected chi connectivity index (χ0v) is 25.4. The molecule has 0 bridgehead atoms. The standard InChI is InChI=1S/C30H36BrN3O4S/c1-21(2)18-32-30(36)24(5)33(19-25-9-7-10-26(31)17-25)29(35)20-34(27-11-6-8-23(4)16-27)39(37,38)28-14-12-22(3)13-15-28/h6-17,21,24H,18-20H2,1-5H3,(H,32,36). The van der Waals surface area contributed by atoms with Crippen LogP contribution < -0.4 is 9.62 Å². The Morgan fingerprint density at radius 2 is 1.56 bits per heavy atom. The summed E-state index contributed by atoms with van der Waals surface area (Å²) in [5.74, 6) is -0.540. The van der Waals surface area contributed by atoms with Crippen LogP contribution in [0.5, 0.6) is 0 Å². The smallest absolute Gasteiger partial charge is 0.264 e. The molecular formula is C30H36BrN3O4S. The third-order valence-electron chi connectivity index (χ3n) is 6.27. The van der Waals surface area contributed by atoms with Gasteiger partial charge in [-0.15, -0.1) is 0 Å². The summed E-state index contributed by atoms with van der Waals surface area (Å²) in [6.45, 7) is 9.54. The zero-order valence-electron chi connectivity index (χ0n) is 23.0. The van der Waals surface area contributed by atoms with Gasteiger partial charge in [0.25, 0.3) is 10.0 Å². The Kier molecular flexibility index (Phi) is 10.3. The minimum Gasteiger partial charge on any atom is -0.354 e. The van der Waals surface area contributed by atoms with Crippen molar-refractivity contribution < 1.29 is 18.0 Å². The molecule has 0 aromatic heterocycles. The first kappa shape index (κ1) is 30.4. The molecular weight excluding hydrogens is 578 g/mol. The molecule has 0 saturated carbocycles. The Morgan fingerprint density at radius 3 is 2.18 bits per heavy atom. The molecule has 3 aromatic carbocycles. The van der Waals surface area contributed by atoms with Gasteiger partial charge < -0.3 is 10.2 Å². The van der Waals surface area contributed by atoms with E-state index in [1.165, 1.54) is 4.90 Å². The number of rotatable bonds is 11. The summed E-state index contributed by atoms with van der Waals surface area (Å²) >= 11 is 3.46. The van der Waals surface area contributed by atoms with Crippen LogP contribution in [0.4, 0.5) is 5.69 Å². The van der Waals surface area contributed by atoms with Crippen molar-refractivity contribution in [1.29, 1.82) is 0 Å². The highest BCUT2D eigenvalue weighted by molar-refractivity contribution is 9.10. The van der Waals surface area contributed by atoms with Gasteiger partial charge in [0.2, 0.25) is 11.8 Å². The first-order valence-electron chi connectivity index (χ1n) is 12.9. The number of nitrogens with one attached hydrogen (secondary N) is 1. The molecule has 0 saturated heterocycles. The fourth-order valence-corrected chi connectivity index (χ4v) is 5.87. The number of halogens is 1. The van der Waals surface area contributed by atoms with Crippen LogP contribution in [0.25, 0.3) is 0 Å². The first-order valence-corrected chi connectivity index (χ1v) is 15.1. The van der Waals surface area contributed by atoms with Crippen molar-refractivity contribution in [3.05, 3.63) is 94.0 Å². The number of amides is 2. The molecule has 0 spiro atoms. The molecule has 0 aliphatic carbocycles. The molecule has 208 valence electrons. The minimum atomic E-state index is -4.09. The second-order valence-corrected chi connectivity index (χ2v) is 12.9. The Bertz CT molecular complexity index is 1410. The minimum absolute atomic E-state index is 0.0867. The lowest BCUT2D eigenvalue weighted by molar-refractivity contribution is -0.139. The van der Waals surface area contributed by atoms with Crippen LogP contribution in [0.1, 0.15) is 37.5 Å². The molecule has 1 atom stereocenters. The van der Waals surface area contributed by atoms with Crippen molar-refractivity contribution in [3.8, 4) is 0 Å². The molecule has 7 nitrogen and oxygen atoms in total. The van der Waals surface area contributed by atoms with Crippen LogP contribution in [0.3, 0.4) is 0 Å². The van der Waals surface area contributed by atoms with Crippen LogP contribution in [-0.2, 0) is 26.2 Å². The van der Waals surface area contributed by atoms with Gasteiger partial charge in [-0.05, 0) is 74.2 Å². The van der Waals surface area contributed by atoms with E-state index >= 15 is 0 Å². The summed E-state index contributed by atoms with van der Waals surface area (Å²) < 4.78 is 29.7. The molecule has 9 heteroatoms. The van der Waals surface area contributed by atoms with Crippen LogP contribution in [-0.4, -0.2) is 44.3 Å². The summed E-state index contributed by atoms with van der Waals surface area (Å²) in [5, 5.41) is 2.89. The number of nitrogens with zero attached hydrogens (tertiary/aromatic N) is 2. The van der Waals surface area contributed by atoms with E-state index in [1.54, 1.807) is 49.4 Å². The lowest BCUT2D eigenvalue weighted by Crippen LogP contribution is -2.51. The largest absolute Gasteiger partial charge is 0.354 e. The third-order valence-corrected chi connectivity index (χ3v) is 8.55. The molecule has 39 heavy (non-hydrogen) atoms. The van der Waals surface area contributed by atoms with E-state index in [4.69, 9.17) is 0 Å². The summed E-state index contributed by atoms with van der Waals surface area (Å²) in [7, 11) is -4.09. The average molecular weight is 615 g/mol. The highest BCUT2D eigenvalue weighted by Gasteiger charge is 2.32. The van der Waals surface area contributed by atoms with Crippen molar-refractivity contribution in [2.45, 2.75) is 52.1 Å². The number of carbonyl (C=O) groups excluding carboxylic acids is 2. The van der Waals surface area contributed by atoms with E-state index < -0.39 is 28.5 Å². The van der Waals surface area contributed by atoms with Crippen molar-refractivity contribution in [3.63, 3.8) is 0 Å². The number of aryl methyl sites for hydroxylation is 2. The monoisotopic (exact) mass is 613 g/mol. The Labute approximate surface area is 240 Å². The Balaban J connectivity index is 2.01. The lowest BCUT2D eigenvalue weighted by atomic mass is 10.1. The van der Waals surface area contributed by atoms with Crippen LogP contribution in [0.2, 0.25) is 0 Å². The Hall–Kier alpha value is -3.17. The van der Waals surface area contributed by atoms with Crippen LogP contribution in [0, 0.1) is 19.8 Å². The zero-order chi connectivity index (χ0) is 28.7. The number of sulfonamides is 1. The Morgan fingerprint density at radius 1 is 0.897 bits per heavy atom. The molecule has 0 radical (unpaired) electrons. The number of benzene rings is 3. The van der Waals surface area contributed by atoms with Gasteiger partial charge >= 0.3 is 0 Å². The van der Waals surface area contributed by atoms with Crippen molar-refractivity contribution in [2.24, 2.45) is 5.92 Å². The summed E-state index contributed by atoms with van der Waals surface area (Å²) in [5.41, 5.74) is 2.97. The predicted octanol–water partition coefficient (Wildman–Crippen LogP) is 5.45. The number of hydrogen-bond acceptors (Lipinski definition) is 4. The summed E-state index contributed by atoms with van der Waals surface area (Å²) in [6.07, 6.45) is 0. The van der Waals surface area contributed by atoms with Crippen molar-refractivity contribution in [1.82, 2.24) is 10.2 Å². The van der Waals surface area contributed by atoms with Crippen LogP contribution >= 0.6 is 15.9 Å². The van der Waals surface area contributed by atoms with Crippen LogP contribution in [0.15, 0.2) is 82.2 Å². The van der Waals surface area contributed by atoms with E-state index in [9.17, 15) is 18.0 Å². The van der Waals surface area contributed by atoms with Gasteiger partial charge in [-0.3, -0.25) is 13.9 Å². The fourth-order valence-electron chi connectivity index (χ4n) is 4.02. The topological polar surface area (TPSA) is 86.8 Å². The molecule has 0 aliphatic rings. The van der Waals surface area contributed by atoms with Gasteiger partial charge in [-0.1, -0.05) is 71.7 Å². The average Bonchev–Trinajstić information content (AvgIpc) is 2.88. The van der Waals surface area contributed by atoms with Gasteiger partial charge in [-0.25, -0.2) is 8.42 Å². The molecule has 2 amide bonds. The van der Waals surface area contributed by atoms with Gasteiger partial charge in [0.1, 0.15) is 12.6 Å². The quantitative estimate of drug-likeness (QED) is 0.311. The van der Waals surface area contributed by atoms with E-state index in [0.717, 1.165) is 25.5 Å². The highest BCUT2D eigenvalue weighted by atomic mass is 79.9. The maximum Gasteiger partial charge on any atom is 0.264 e. The molecule has 1 unspecified atom stereocenters. The molecule has 3 aromatic rings. The second-order valence-electron chi connectivity index (χ2n) is 10.1. The lowest BCUT2D eigenvalue weighted by Gasteiger charge is -2.32. The normalized spacial score (nSPS) is 12.2. The van der Waals surface area contributed by atoms with E-state index in [2.05, 4.69) is 21.2 Å². The first-order chi connectivity index (χ1) is 18.4. The van der Waals surface area contributed by atoms with Gasteiger partial charge in [0, 0.05) is 17.6 Å². The van der Waals surface area contributed by atoms with E-state index in [1.807, 2.05) is 58.0 Å². The number of anilines is 1.